The molecule has 0 radical (unpaired) electrons. The molecule has 1 N–H and O–H groups in total. The summed E-state index contributed by atoms with van der Waals surface area (Å²) in [5.41, 5.74) is -0.361. The van der Waals surface area contributed by atoms with Gasteiger partial charge in [0.25, 0.3) is 0 Å². The summed E-state index contributed by atoms with van der Waals surface area (Å²) in [7, 11) is 0. The Labute approximate surface area is 138 Å². The quantitative estimate of drug-likeness (QED) is 0.932. The third-order valence-electron chi connectivity index (χ3n) is 4.05. The molecule has 0 aliphatic carbocycles. The first-order chi connectivity index (χ1) is 10.9. The normalized spacial score (nSPS) is 16.0. The molecular weight excluding hydrogens is 292 g/mol. The number of carbonyl (C=O) groups is 2. The van der Waals surface area contributed by atoms with E-state index >= 15 is 0 Å². The summed E-state index contributed by atoms with van der Waals surface area (Å²) < 4.78 is 5.35. The third kappa shape index (κ3) is 5.27. The van der Waals surface area contributed by atoms with Gasteiger partial charge in [-0.1, -0.05) is 39.0 Å². The van der Waals surface area contributed by atoms with Crippen LogP contribution < -0.4 is 10.1 Å². The Kier molecular flexibility index (Phi) is 5.64. The molecule has 0 saturated carbocycles. The van der Waals surface area contributed by atoms with Crippen LogP contribution in [0, 0.1) is 11.3 Å². The third-order valence-corrected chi connectivity index (χ3v) is 4.05. The van der Waals surface area contributed by atoms with Gasteiger partial charge in [-0.15, -0.1) is 0 Å². The fraction of sp³-hybridized carbons (Fsp3) is 0.556. The van der Waals surface area contributed by atoms with Crippen LogP contribution in [0.5, 0.6) is 5.75 Å². The Morgan fingerprint density at radius 1 is 1.17 bits per heavy atom. The zero-order valence-electron chi connectivity index (χ0n) is 14.2. The molecule has 1 saturated heterocycles. The van der Waals surface area contributed by atoms with E-state index in [0.717, 1.165) is 12.8 Å². The number of hydrogen-bond donors (Lipinski definition) is 1. The highest BCUT2D eigenvalue weighted by Crippen LogP contribution is 2.19. The summed E-state index contributed by atoms with van der Waals surface area (Å²) in [4.78, 5) is 25.7. The maximum absolute atomic E-state index is 12.1. The molecule has 1 aliphatic heterocycles. The topological polar surface area (TPSA) is 58.6 Å². The molecule has 5 heteroatoms. The summed E-state index contributed by atoms with van der Waals surface area (Å²) in [6, 6.07) is 9.10. The molecule has 1 heterocycles. The Bertz CT molecular complexity index is 529. The summed E-state index contributed by atoms with van der Waals surface area (Å²) in [5, 5.41) is 3.00. The van der Waals surface area contributed by atoms with Crippen molar-refractivity contribution >= 4 is 12.0 Å². The Hall–Kier alpha value is -2.04. The molecule has 0 aromatic heterocycles. The van der Waals surface area contributed by atoms with Crippen molar-refractivity contribution in [2.45, 2.75) is 33.6 Å². The van der Waals surface area contributed by atoms with Crippen LogP contribution in [0.1, 0.15) is 33.6 Å². The lowest BCUT2D eigenvalue weighted by Crippen LogP contribution is -2.44. The SMILES string of the molecule is CC(C)(C)C(=O)NCC1CCN(C(=O)Oc2ccccc2)CC1. The summed E-state index contributed by atoms with van der Waals surface area (Å²) in [6.45, 7) is 7.74. The van der Waals surface area contributed by atoms with Crippen molar-refractivity contribution in [1.29, 1.82) is 0 Å². The molecule has 0 atom stereocenters. The molecule has 126 valence electrons. The standard InChI is InChI=1S/C18H26N2O3/c1-18(2,3)16(21)19-13-14-9-11-20(12-10-14)17(22)23-15-7-5-4-6-8-15/h4-8,14H,9-13H2,1-3H3,(H,19,21). The summed E-state index contributed by atoms with van der Waals surface area (Å²) in [5.74, 6) is 1.06. The fourth-order valence-electron chi connectivity index (χ4n) is 2.48. The minimum atomic E-state index is -0.361. The predicted octanol–water partition coefficient (Wildman–Crippen LogP) is 3.06. The number of amides is 2. The van der Waals surface area contributed by atoms with Crippen LogP contribution in [0.25, 0.3) is 0 Å². The van der Waals surface area contributed by atoms with Crippen LogP contribution in [-0.4, -0.2) is 36.5 Å². The fourth-order valence-corrected chi connectivity index (χ4v) is 2.48. The number of likely N-dealkylation sites (tertiary alicyclic amines) is 1. The number of benzene rings is 1. The van der Waals surface area contributed by atoms with Gasteiger partial charge >= 0.3 is 6.09 Å². The molecule has 0 bridgehead atoms. The molecule has 1 aliphatic rings. The van der Waals surface area contributed by atoms with Crippen LogP contribution in [0.3, 0.4) is 0 Å². The Morgan fingerprint density at radius 2 is 1.78 bits per heavy atom. The van der Waals surface area contributed by atoms with E-state index in [-0.39, 0.29) is 17.4 Å². The highest BCUT2D eigenvalue weighted by Gasteiger charge is 2.26. The first-order valence-electron chi connectivity index (χ1n) is 8.16. The van der Waals surface area contributed by atoms with Gasteiger partial charge in [-0.25, -0.2) is 4.79 Å². The summed E-state index contributed by atoms with van der Waals surface area (Å²) in [6.07, 6.45) is 1.47. The number of ether oxygens (including phenoxy) is 1. The van der Waals surface area contributed by atoms with Gasteiger partial charge in [0.1, 0.15) is 5.75 Å². The Balaban J connectivity index is 1.73. The predicted molar refractivity (Wildman–Crippen MR) is 89.2 cm³/mol. The molecule has 23 heavy (non-hydrogen) atoms. The van der Waals surface area contributed by atoms with Crippen molar-refractivity contribution in [3.8, 4) is 5.75 Å². The molecule has 5 nitrogen and oxygen atoms in total. The summed E-state index contributed by atoms with van der Waals surface area (Å²) >= 11 is 0. The number of rotatable bonds is 3. The van der Waals surface area contributed by atoms with Crippen molar-refractivity contribution in [1.82, 2.24) is 10.2 Å². The molecule has 1 aromatic rings. The zero-order chi connectivity index (χ0) is 16.9. The van der Waals surface area contributed by atoms with Gasteiger partial charge in [0.15, 0.2) is 0 Å². The van der Waals surface area contributed by atoms with Gasteiger partial charge in [0.05, 0.1) is 0 Å². The van der Waals surface area contributed by atoms with Crippen molar-refractivity contribution in [3.05, 3.63) is 30.3 Å². The van der Waals surface area contributed by atoms with Crippen molar-refractivity contribution in [2.75, 3.05) is 19.6 Å². The highest BCUT2D eigenvalue weighted by molar-refractivity contribution is 5.81. The zero-order valence-corrected chi connectivity index (χ0v) is 14.2. The number of carbonyl (C=O) groups excluding carboxylic acids is 2. The number of piperidine rings is 1. The minimum absolute atomic E-state index is 0.0726. The second-order valence-electron chi connectivity index (χ2n) is 7.07. The molecule has 2 rings (SSSR count). The largest absolute Gasteiger partial charge is 0.415 e. The molecule has 0 unspecified atom stereocenters. The van der Waals surface area contributed by atoms with Gasteiger partial charge in [0.2, 0.25) is 5.91 Å². The van der Waals surface area contributed by atoms with Crippen molar-refractivity contribution in [2.24, 2.45) is 11.3 Å². The lowest BCUT2D eigenvalue weighted by molar-refractivity contribution is -0.128. The Morgan fingerprint density at radius 3 is 2.35 bits per heavy atom. The van der Waals surface area contributed by atoms with E-state index in [1.807, 2.05) is 39.0 Å². The van der Waals surface area contributed by atoms with Crippen LogP contribution in [0.4, 0.5) is 4.79 Å². The van der Waals surface area contributed by atoms with Gasteiger partial charge in [-0.2, -0.15) is 0 Å². The van der Waals surface area contributed by atoms with Gasteiger partial charge in [-0.3, -0.25) is 4.79 Å². The highest BCUT2D eigenvalue weighted by atomic mass is 16.6. The number of hydrogen-bond acceptors (Lipinski definition) is 3. The second kappa shape index (κ2) is 7.49. The maximum atomic E-state index is 12.1. The lowest BCUT2D eigenvalue weighted by atomic mass is 9.93. The number of nitrogens with zero attached hydrogens (tertiary/aromatic N) is 1. The van der Waals surface area contributed by atoms with Crippen LogP contribution in [-0.2, 0) is 4.79 Å². The first kappa shape index (κ1) is 17.3. The average molecular weight is 318 g/mol. The number of para-hydroxylation sites is 1. The van der Waals surface area contributed by atoms with E-state index in [1.165, 1.54) is 0 Å². The monoisotopic (exact) mass is 318 g/mol. The number of nitrogens with one attached hydrogen (secondary N) is 1. The minimum Gasteiger partial charge on any atom is -0.410 e. The lowest BCUT2D eigenvalue weighted by Gasteiger charge is -2.31. The van der Waals surface area contributed by atoms with E-state index in [9.17, 15) is 9.59 Å². The van der Waals surface area contributed by atoms with E-state index in [0.29, 0.717) is 31.3 Å². The van der Waals surface area contributed by atoms with Crippen molar-refractivity contribution < 1.29 is 14.3 Å². The van der Waals surface area contributed by atoms with Crippen molar-refractivity contribution in [3.63, 3.8) is 0 Å². The molecule has 1 fully saturated rings. The molecule has 1 aromatic carbocycles. The van der Waals surface area contributed by atoms with E-state index in [1.54, 1.807) is 17.0 Å². The second-order valence-corrected chi connectivity index (χ2v) is 7.07. The average Bonchev–Trinajstić information content (AvgIpc) is 2.53. The molecular formula is C18H26N2O3. The van der Waals surface area contributed by atoms with Gasteiger partial charge in [-0.05, 0) is 30.9 Å². The molecule has 2 amide bonds. The van der Waals surface area contributed by atoms with Crippen LogP contribution in [0.2, 0.25) is 0 Å². The van der Waals surface area contributed by atoms with Gasteiger partial charge in [0, 0.05) is 25.0 Å². The maximum Gasteiger partial charge on any atom is 0.415 e. The van der Waals surface area contributed by atoms with Gasteiger partial charge < -0.3 is 15.0 Å². The first-order valence-corrected chi connectivity index (χ1v) is 8.16. The van der Waals surface area contributed by atoms with E-state index in [4.69, 9.17) is 4.74 Å². The molecule has 0 spiro atoms. The van der Waals surface area contributed by atoms with Crippen LogP contribution >= 0.6 is 0 Å². The van der Waals surface area contributed by atoms with E-state index < -0.39 is 0 Å². The van der Waals surface area contributed by atoms with Crippen LogP contribution in [0.15, 0.2) is 30.3 Å². The van der Waals surface area contributed by atoms with E-state index in [2.05, 4.69) is 5.32 Å². The smallest absolute Gasteiger partial charge is 0.410 e.